The molecule has 0 rings (SSSR count). The Hall–Kier alpha value is -0.0400. The van der Waals surface area contributed by atoms with Crippen molar-refractivity contribution in [3.05, 3.63) is 0 Å². The molecule has 0 amide bonds. The van der Waals surface area contributed by atoms with Crippen LogP contribution in [0.5, 0.6) is 0 Å². The standard InChI is InChI=1S/C8H18O.2C2H6/c1-5-8(4)6-9-7(2)3;2*1-2/h7-8H,5-6H2,1-4H3;2*1-2H3. The molecule has 0 saturated carbocycles. The van der Waals surface area contributed by atoms with Gasteiger partial charge in [-0.2, -0.15) is 0 Å². The third-order valence-corrected chi connectivity index (χ3v) is 1.41. The Labute approximate surface area is 85.9 Å². The molecule has 0 heterocycles. The van der Waals surface area contributed by atoms with Crippen molar-refractivity contribution in [3.63, 3.8) is 0 Å². The first-order valence-corrected chi connectivity index (χ1v) is 5.78. The maximum Gasteiger partial charge on any atom is 0.0519 e. The molecule has 0 spiro atoms. The van der Waals surface area contributed by atoms with Gasteiger partial charge in [0.05, 0.1) is 6.10 Å². The van der Waals surface area contributed by atoms with Crippen LogP contribution in [0.4, 0.5) is 0 Å². The summed E-state index contributed by atoms with van der Waals surface area (Å²) in [4.78, 5) is 0. The van der Waals surface area contributed by atoms with Crippen molar-refractivity contribution in [1.82, 2.24) is 0 Å². The molecular weight excluding hydrogens is 160 g/mol. The van der Waals surface area contributed by atoms with Gasteiger partial charge in [-0.1, -0.05) is 48.0 Å². The molecule has 1 unspecified atom stereocenters. The topological polar surface area (TPSA) is 9.23 Å². The lowest BCUT2D eigenvalue weighted by Crippen LogP contribution is -2.09. The Morgan fingerprint density at radius 3 is 1.54 bits per heavy atom. The first-order chi connectivity index (χ1) is 6.16. The molecule has 0 fully saturated rings. The smallest absolute Gasteiger partial charge is 0.0519 e. The summed E-state index contributed by atoms with van der Waals surface area (Å²) < 4.78 is 5.39. The van der Waals surface area contributed by atoms with Crippen LogP contribution in [0.3, 0.4) is 0 Å². The predicted octanol–water partition coefficient (Wildman–Crippen LogP) is 4.51. The van der Waals surface area contributed by atoms with E-state index in [1.165, 1.54) is 6.42 Å². The van der Waals surface area contributed by atoms with E-state index >= 15 is 0 Å². The van der Waals surface area contributed by atoms with Crippen LogP contribution in [-0.4, -0.2) is 12.7 Å². The molecule has 0 aliphatic rings. The summed E-state index contributed by atoms with van der Waals surface area (Å²) in [6.07, 6.45) is 1.60. The number of hydrogen-bond acceptors (Lipinski definition) is 1. The molecule has 1 heteroatoms. The SMILES string of the molecule is CC.CC.CCC(C)COC(C)C. The molecule has 1 atom stereocenters. The molecule has 0 aromatic rings. The van der Waals surface area contributed by atoms with Crippen LogP contribution < -0.4 is 0 Å². The van der Waals surface area contributed by atoms with Crippen LogP contribution in [0.2, 0.25) is 0 Å². The van der Waals surface area contributed by atoms with E-state index in [1.54, 1.807) is 0 Å². The van der Waals surface area contributed by atoms with E-state index in [0.717, 1.165) is 6.61 Å². The molecule has 0 aromatic heterocycles. The highest BCUT2D eigenvalue weighted by Crippen LogP contribution is 2.02. The van der Waals surface area contributed by atoms with E-state index in [9.17, 15) is 0 Å². The lowest BCUT2D eigenvalue weighted by Gasteiger charge is -2.11. The summed E-state index contributed by atoms with van der Waals surface area (Å²) in [5.74, 6) is 0.715. The zero-order valence-corrected chi connectivity index (χ0v) is 11.0. The average molecular weight is 190 g/mol. The lowest BCUT2D eigenvalue weighted by molar-refractivity contribution is 0.0545. The van der Waals surface area contributed by atoms with Gasteiger partial charge < -0.3 is 4.74 Å². The first-order valence-electron chi connectivity index (χ1n) is 5.78. The second-order valence-electron chi connectivity index (χ2n) is 2.90. The van der Waals surface area contributed by atoms with E-state index < -0.39 is 0 Å². The van der Waals surface area contributed by atoms with Crippen LogP contribution in [0.15, 0.2) is 0 Å². The van der Waals surface area contributed by atoms with Crippen molar-refractivity contribution in [2.75, 3.05) is 6.61 Å². The van der Waals surface area contributed by atoms with Gasteiger partial charge in [-0.05, 0) is 19.8 Å². The van der Waals surface area contributed by atoms with Crippen LogP contribution in [-0.2, 0) is 4.74 Å². The van der Waals surface area contributed by atoms with Crippen molar-refractivity contribution in [3.8, 4) is 0 Å². The molecule has 84 valence electrons. The van der Waals surface area contributed by atoms with Gasteiger partial charge in [0.1, 0.15) is 0 Å². The summed E-state index contributed by atoms with van der Waals surface area (Å²) in [5, 5.41) is 0. The second kappa shape index (κ2) is 17.9. The monoisotopic (exact) mass is 190 g/mol. The number of ether oxygens (including phenoxy) is 1. The van der Waals surface area contributed by atoms with E-state index in [-0.39, 0.29) is 0 Å². The third kappa shape index (κ3) is 24.5. The van der Waals surface area contributed by atoms with E-state index in [2.05, 4.69) is 27.7 Å². The van der Waals surface area contributed by atoms with Gasteiger partial charge in [-0.3, -0.25) is 0 Å². The summed E-state index contributed by atoms with van der Waals surface area (Å²) in [6, 6.07) is 0. The highest BCUT2D eigenvalue weighted by atomic mass is 16.5. The van der Waals surface area contributed by atoms with Gasteiger partial charge in [0.2, 0.25) is 0 Å². The quantitative estimate of drug-likeness (QED) is 0.634. The number of rotatable bonds is 4. The minimum Gasteiger partial charge on any atom is -0.379 e. The summed E-state index contributed by atoms with van der Waals surface area (Å²) in [5.41, 5.74) is 0. The molecule has 0 aromatic carbocycles. The zero-order valence-electron chi connectivity index (χ0n) is 11.0. The highest BCUT2D eigenvalue weighted by Gasteiger charge is 1.99. The van der Waals surface area contributed by atoms with Crippen molar-refractivity contribution < 1.29 is 4.74 Å². The van der Waals surface area contributed by atoms with E-state index in [0.29, 0.717) is 12.0 Å². The van der Waals surface area contributed by atoms with Crippen LogP contribution >= 0.6 is 0 Å². The van der Waals surface area contributed by atoms with Crippen molar-refractivity contribution in [2.24, 2.45) is 5.92 Å². The minimum atomic E-state index is 0.388. The lowest BCUT2D eigenvalue weighted by atomic mass is 10.1. The fourth-order valence-corrected chi connectivity index (χ4v) is 0.475. The summed E-state index contributed by atoms with van der Waals surface area (Å²) >= 11 is 0. The molecule has 0 radical (unpaired) electrons. The first kappa shape index (κ1) is 18.7. The molecule has 0 aliphatic carbocycles. The Bertz CT molecular complexity index is 60.1. The van der Waals surface area contributed by atoms with Crippen molar-refractivity contribution >= 4 is 0 Å². The maximum atomic E-state index is 5.39. The van der Waals surface area contributed by atoms with Crippen LogP contribution in [0, 0.1) is 5.92 Å². The van der Waals surface area contributed by atoms with Gasteiger partial charge >= 0.3 is 0 Å². The predicted molar refractivity (Wildman–Crippen MR) is 63.2 cm³/mol. The van der Waals surface area contributed by atoms with Gasteiger partial charge in [-0.25, -0.2) is 0 Å². The molecule has 13 heavy (non-hydrogen) atoms. The Morgan fingerprint density at radius 2 is 1.31 bits per heavy atom. The minimum absolute atomic E-state index is 0.388. The normalized spacial score (nSPS) is 10.8. The van der Waals surface area contributed by atoms with Crippen LogP contribution in [0.25, 0.3) is 0 Å². The fourth-order valence-electron chi connectivity index (χ4n) is 0.475. The van der Waals surface area contributed by atoms with Crippen molar-refractivity contribution in [1.29, 1.82) is 0 Å². The summed E-state index contributed by atoms with van der Waals surface area (Å²) in [7, 11) is 0. The third-order valence-electron chi connectivity index (χ3n) is 1.41. The Balaban J connectivity index is -0.000000218. The highest BCUT2D eigenvalue weighted by molar-refractivity contribution is 4.47. The largest absolute Gasteiger partial charge is 0.379 e. The molecule has 0 bridgehead atoms. The van der Waals surface area contributed by atoms with Crippen LogP contribution in [0.1, 0.15) is 61.8 Å². The fraction of sp³-hybridized carbons (Fsp3) is 1.00. The second-order valence-corrected chi connectivity index (χ2v) is 2.90. The molecule has 0 N–H and O–H groups in total. The molecule has 0 aliphatic heterocycles. The molecule has 1 nitrogen and oxygen atoms in total. The van der Waals surface area contributed by atoms with Gasteiger partial charge in [-0.15, -0.1) is 0 Å². The van der Waals surface area contributed by atoms with Gasteiger partial charge in [0, 0.05) is 6.61 Å². The zero-order chi connectivity index (χ0) is 11.3. The van der Waals surface area contributed by atoms with E-state index in [1.807, 2.05) is 27.7 Å². The number of hydrogen-bond donors (Lipinski definition) is 0. The van der Waals surface area contributed by atoms with Crippen molar-refractivity contribution in [2.45, 2.75) is 67.9 Å². The Kier molecular flexibility index (Phi) is 25.7. The average Bonchev–Trinajstić information content (AvgIpc) is 2.20. The molecule has 0 saturated heterocycles. The van der Waals surface area contributed by atoms with Gasteiger partial charge in [0.15, 0.2) is 0 Å². The summed E-state index contributed by atoms with van der Waals surface area (Å²) in [6.45, 7) is 17.5. The Morgan fingerprint density at radius 1 is 0.923 bits per heavy atom. The van der Waals surface area contributed by atoms with E-state index in [4.69, 9.17) is 4.74 Å². The van der Waals surface area contributed by atoms with Gasteiger partial charge in [0.25, 0.3) is 0 Å². The molecular formula is C12H30O. The maximum absolute atomic E-state index is 5.39.